The number of rotatable bonds is 7. The van der Waals surface area contributed by atoms with Gasteiger partial charge in [-0.2, -0.15) is 0 Å². The van der Waals surface area contributed by atoms with Gasteiger partial charge in [-0.1, -0.05) is 72.3 Å². The molecule has 0 aliphatic carbocycles. The van der Waals surface area contributed by atoms with Crippen molar-refractivity contribution >= 4 is 78.9 Å². The molecule has 1 fully saturated rings. The SMILES string of the molecule is O=C(CN1C(=O)S/C(=C/c2ccc(OCc3ccccc3Cl)c(Br)c2)C1=O)Nc1cccc2ccccc12. The lowest BCUT2D eigenvalue weighted by Crippen LogP contribution is -2.36. The van der Waals surface area contributed by atoms with Gasteiger partial charge in [0.1, 0.15) is 18.9 Å². The predicted octanol–water partition coefficient (Wildman–Crippen LogP) is 7.51. The predicted molar refractivity (Wildman–Crippen MR) is 155 cm³/mol. The molecule has 0 saturated carbocycles. The average molecular weight is 608 g/mol. The minimum atomic E-state index is -0.511. The lowest BCUT2D eigenvalue weighted by atomic mass is 10.1. The Morgan fingerprint density at radius 2 is 1.76 bits per heavy atom. The van der Waals surface area contributed by atoms with Crippen molar-refractivity contribution in [3.05, 3.63) is 110 Å². The Morgan fingerprint density at radius 1 is 1.00 bits per heavy atom. The molecule has 0 spiro atoms. The van der Waals surface area contributed by atoms with E-state index in [9.17, 15) is 14.4 Å². The van der Waals surface area contributed by atoms with Crippen LogP contribution in [0.2, 0.25) is 5.02 Å². The fourth-order valence-electron chi connectivity index (χ4n) is 3.95. The second-order valence-electron chi connectivity index (χ2n) is 8.41. The average Bonchev–Trinajstić information content (AvgIpc) is 3.16. The Labute approximate surface area is 236 Å². The van der Waals surface area contributed by atoms with E-state index in [1.54, 1.807) is 36.4 Å². The summed E-state index contributed by atoms with van der Waals surface area (Å²) in [6, 6.07) is 26.0. The first-order valence-corrected chi connectivity index (χ1v) is 13.6. The summed E-state index contributed by atoms with van der Waals surface area (Å²) in [4.78, 5) is 39.4. The summed E-state index contributed by atoms with van der Waals surface area (Å²) in [7, 11) is 0. The molecular formula is C29H20BrClN2O4S. The van der Waals surface area contributed by atoms with Crippen molar-refractivity contribution < 1.29 is 19.1 Å². The number of carbonyl (C=O) groups is 3. The van der Waals surface area contributed by atoms with E-state index < -0.39 is 17.1 Å². The largest absolute Gasteiger partial charge is 0.488 e. The molecule has 0 aromatic heterocycles. The zero-order valence-corrected chi connectivity index (χ0v) is 23.0. The molecule has 1 aliphatic heterocycles. The molecule has 9 heteroatoms. The highest BCUT2D eigenvalue weighted by atomic mass is 79.9. The van der Waals surface area contributed by atoms with E-state index in [0.717, 1.165) is 33.0 Å². The fraction of sp³-hybridized carbons (Fsp3) is 0.0690. The number of nitrogens with zero attached hydrogens (tertiary/aromatic N) is 1. The summed E-state index contributed by atoms with van der Waals surface area (Å²) in [5.74, 6) is -0.351. The second kappa shape index (κ2) is 11.4. The number of hydrogen-bond donors (Lipinski definition) is 1. The standard InChI is InChI=1S/C29H20BrClN2O4S/c30-22-14-18(12-13-25(22)37-17-20-7-2-4-10-23(20)31)15-26-28(35)33(29(36)38-26)16-27(34)32-24-11-5-8-19-6-1-3-9-21(19)24/h1-15H,16-17H2,(H,32,34)/b26-15+. The number of fused-ring (bicyclic) bond motifs is 1. The molecule has 38 heavy (non-hydrogen) atoms. The van der Waals surface area contributed by atoms with Crippen LogP contribution in [0.25, 0.3) is 16.8 Å². The number of thioether (sulfide) groups is 1. The fourth-order valence-corrected chi connectivity index (χ4v) is 5.49. The normalized spacial score (nSPS) is 14.4. The number of amides is 3. The summed E-state index contributed by atoms with van der Waals surface area (Å²) in [6.07, 6.45) is 1.62. The molecule has 1 aliphatic rings. The molecule has 0 unspecified atom stereocenters. The van der Waals surface area contributed by atoms with E-state index in [0.29, 0.717) is 33.1 Å². The van der Waals surface area contributed by atoms with Crippen molar-refractivity contribution in [1.29, 1.82) is 0 Å². The Kier molecular flexibility index (Phi) is 7.83. The number of benzene rings is 4. The van der Waals surface area contributed by atoms with E-state index in [4.69, 9.17) is 16.3 Å². The number of imide groups is 1. The molecule has 6 nitrogen and oxygen atoms in total. The summed E-state index contributed by atoms with van der Waals surface area (Å²) < 4.78 is 6.56. The molecule has 0 atom stereocenters. The monoisotopic (exact) mass is 606 g/mol. The van der Waals surface area contributed by atoms with Crippen LogP contribution < -0.4 is 10.1 Å². The highest BCUT2D eigenvalue weighted by molar-refractivity contribution is 9.10. The van der Waals surface area contributed by atoms with Crippen molar-refractivity contribution in [3.63, 3.8) is 0 Å². The first kappa shape index (κ1) is 26.0. The van der Waals surface area contributed by atoms with Gasteiger partial charge >= 0.3 is 0 Å². The number of nitrogens with one attached hydrogen (secondary N) is 1. The van der Waals surface area contributed by atoms with E-state index in [1.165, 1.54) is 0 Å². The van der Waals surface area contributed by atoms with Gasteiger partial charge in [-0.15, -0.1) is 0 Å². The first-order valence-electron chi connectivity index (χ1n) is 11.6. The zero-order valence-electron chi connectivity index (χ0n) is 19.8. The summed E-state index contributed by atoms with van der Waals surface area (Å²) in [5, 5.41) is 4.81. The van der Waals surface area contributed by atoms with Crippen LogP contribution in [-0.4, -0.2) is 28.5 Å². The Morgan fingerprint density at radius 3 is 2.58 bits per heavy atom. The Balaban J connectivity index is 1.25. The maximum Gasteiger partial charge on any atom is 0.294 e. The number of ether oxygens (including phenoxy) is 1. The number of carbonyl (C=O) groups excluding carboxylic acids is 3. The second-order valence-corrected chi connectivity index (χ2v) is 10.7. The van der Waals surface area contributed by atoms with Crippen LogP contribution in [0.15, 0.2) is 94.3 Å². The number of anilines is 1. The van der Waals surface area contributed by atoms with Gasteiger partial charge in [-0.3, -0.25) is 19.3 Å². The van der Waals surface area contributed by atoms with Crippen molar-refractivity contribution in [2.45, 2.75) is 6.61 Å². The molecular weight excluding hydrogens is 588 g/mol. The highest BCUT2D eigenvalue weighted by Crippen LogP contribution is 2.34. The maximum absolute atomic E-state index is 13.0. The lowest BCUT2D eigenvalue weighted by molar-refractivity contribution is -0.127. The van der Waals surface area contributed by atoms with Crippen LogP contribution in [-0.2, 0) is 16.2 Å². The smallest absolute Gasteiger partial charge is 0.294 e. The third kappa shape index (κ3) is 5.78. The quantitative estimate of drug-likeness (QED) is 0.220. The lowest BCUT2D eigenvalue weighted by Gasteiger charge is -2.13. The van der Waals surface area contributed by atoms with Gasteiger partial charge in [0.25, 0.3) is 11.1 Å². The van der Waals surface area contributed by atoms with Gasteiger partial charge in [0, 0.05) is 21.7 Å². The highest BCUT2D eigenvalue weighted by Gasteiger charge is 2.36. The molecule has 4 aromatic carbocycles. The van der Waals surface area contributed by atoms with Crippen LogP contribution in [0.4, 0.5) is 10.5 Å². The van der Waals surface area contributed by atoms with Gasteiger partial charge in [0.15, 0.2) is 0 Å². The van der Waals surface area contributed by atoms with Gasteiger partial charge in [-0.25, -0.2) is 0 Å². The van der Waals surface area contributed by atoms with Gasteiger partial charge < -0.3 is 10.1 Å². The molecule has 3 amide bonds. The topological polar surface area (TPSA) is 75.7 Å². The molecule has 0 bridgehead atoms. The molecule has 5 rings (SSSR count). The van der Waals surface area contributed by atoms with Gasteiger partial charge in [0.05, 0.1) is 9.38 Å². The van der Waals surface area contributed by atoms with E-state index >= 15 is 0 Å². The number of hydrogen-bond acceptors (Lipinski definition) is 5. The van der Waals surface area contributed by atoms with E-state index in [2.05, 4.69) is 21.2 Å². The Hall–Kier alpha value is -3.59. The number of halogens is 2. The third-order valence-electron chi connectivity index (χ3n) is 5.83. The van der Waals surface area contributed by atoms with Crippen molar-refractivity contribution in [2.75, 3.05) is 11.9 Å². The van der Waals surface area contributed by atoms with Crippen LogP contribution in [0.1, 0.15) is 11.1 Å². The maximum atomic E-state index is 13.0. The van der Waals surface area contributed by atoms with Crippen molar-refractivity contribution in [2.24, 2.45) is 0 Å². The molecule has 190 valence electrons. The molecule has 0 radical (unpaired) electrons. The summed E-state index contributed by atoms with van der Waals surface area (Å²) in [5.41, 5.74) is 2.19. The summed E-state index contributed by atoms with van der Waals surface area (Å²) in [6.45, 7) is -0.0684. The van der Waals surface area contributed by atoms with Crippen LogP contribution in [0, 0.1) is 0 Å². The van der Waals surface area contributed by atoms with Gasteiger partial charge in [0.2, 0.25) is 5.91 Å². The van der Waals surface area contributed by atoms with Crippen LogP contribution in [0.3, 0.4) is 0 Å². The molecule has 4 aromatic rings. The van der Waals surface area contributed by atoms with Crippen LogP contribution >= 0.6 is 39.3 Å². The van der Waals surface area contributed by atoms with Gasteiger partial charge in [-0.05, 0) is 69.0 Å². The minimum Gasteiger partial charge on any atom is -0.488 e. The zero-order chi connectivity index (χ0) is 26.6. The van der Waals surface area contributed by atoms with Crippen molar-refractivity contribution in [1.82, 2.24) is 4.90 Å². The summed E-state index contributed by atoms with van der Waals surface area (Å²) >= 11 is 10.5. The van der Waals surface area contributed by atoms with Crippen molar-refractivity contribution in [3.8, 4) is 5.75 Å². The molecule has 1 N–H and O–H groups in total. The Bertz CT molecular complexity index is 1600. The van der Waals surface area contributed by atoms with E-state index in [1.807, 2.05) is 54.6 Å². The molecule has 1 saturated heterocycles. The van der Waals surface area contributed by atoms with Crippen LogP contribution in [0.5, 0.6) is 5.75 Å². The van der Waals surface area contributed by atoms with E-state index in [-0.39, 0.29) is 11.4 Å². The first-order chi connectivity index (χ1) is 18.4. The third-order valence-corrected chi connectivity index (χ3v) is 7.73. The minimum absolute atomic E-state index is 0.240. The molecule has 1 heterocycles.